The average Bonchev–Trinajstić information content (AvgIpc) is 3.88. The zero-order chi connectivity index (χ0) is 46.1. The van der Waals surface area contributed by atoms with Crippen molar-refractivity contribution in [1.29, 1.82) is 0 Å². The molecule has 0 atom stereocenters. The lowest BCUT2D eigenvalue weighted by Crippen LogP contribution is -2.29. The summed E-state index contributed by atoms with van der Waals surface area (Å²) in [6, 6.07) is 58.3. The van der Waals surface area contributed by atoms with E-state index < -0.39 is 5.41 Å². The van der Waals surface area contributed by atoms with Gasteiger partial charge < -0.3 is 28.8 Å². The van der Waals surface area contributed by atoms with E-state index in [-0.39, 0.29) is 11.5 Å². The number of para-hydroxylation sites is 6. The van der Waals surface area contributed by atoms with Crippen molar-refractivity contribution in [3.8, 4) is 56.6 Å². The van der Waals surface area contributed by atoms with E-state index in [1.807, 2.05) is 48.5 Å². The summed E-state index contributed by atoms with van der Waals surface area (Å²) in [5.41, 5.74) is 10.8. The van der Waals surface area contributed by atoms with Gasteiger partial charge in [-0.25, -0.2) is 0 Å². The molecule has 2 heterocycles. The molecule has 0 radical (unpaired) electrons. The number of aromatic nitrogens is 2. The minimum absolute atomic E-state index is 0.213. The molecule has 0 spiro atoms. The van der Waals surface area contributed by atoms with E-state index in [2.05, 4.69) is 158 Å². The van der Waals surface area contributed by atoms with Crippen LogP contribution in [0.5, 0.6) is 23.0 Å². The van der Waals surface area contributed by atoms with Gasteiger partial charge in [-0.15, -0.1) is 0 Å². The van der Waals surface area contributed by atoms with Crippen LogP contribution in [0.1, 0.15) is 64.5 Å². The molecule has 2 aromatic heterocycles. The van der Waals surface area contributed by atoms with Gasteiger partial charge in [0.25, 0.3) is 0 Å². The number of nitrogens with zero attached hydrogens (tertiary/aromatic N) is 2. The summed E-state index contributed by atoms with van der Waals surface area (Å²) in [6.07, 6.45) is 6.00. The third-order valence-corrected chi connectivity index (χ3v) is 13.2. The summed E-state index contributed by atoms with van der Waals surface area (Å²) in [7, 11) is 0. The fourth-order valence-electron chi connectivity index (χ4n) is 9.74. The van der Waals surface area contributed by atoms with Gasteiger partial charge in [-0.1, -0.05) is 150 Å². The Balaban J connectivity index is 0.960. The molecule has 6 nitrogen and oxygen atoms in total. The average molecular weight is 883 g/mol. The molecule has 2 N–H and O–H groups in total. The van der Waals surface area contributed by atoms with Gasteiger partial charge in [-0.3, -0.25) is 0 Å². The third-order valence-electron chi connectivity index (χ3n) is 13.2. The molecule has 336 valence electrons. The van der Waals surface area contributed by atoms with Gasteiger partial charge in [-0.05, 0) is 97.5 Å². The standard InChI is InChI=1S/C61H58N2O4/c1-5-7-21-41-35-49(59(64)55(37-41)62-51-29-15-9-23-43(51)44-24-10-16-30-52(44)62)47-27-13-19-33-57(47)66-39-61(3,4)40-67-58-34-20-14-28-48(58)50-36-42(22-8-6-2)38-56(60(50)65)63-53-31-17-11-25-45(53)46-26-12-18-32-54(46)63/h9-20,23-38,64-65H,5-8,21-22,39-40H2,1-4H3. The minimum atomic E-state index is -0.432. The van der Waals surface area contributed by atoms with Crippen molar-refractivity contribution >= 4 is 43.6 Å². The number of hydrogen-bond donors (Lipinski definition) is 2. The van der Waals surface area contributed by atoms with Crippen LogP contribution in [0.4, 0.5) is 0 Å². The summed E-state index contributed by atoms with van der Waals surface area (Å²) >= 11 is 0. The second-order valence-corrected chi connectivity index (χ2v) is 18.7. The molecule has 10 aromatic rings. The molecule has 0 saturated heterocycles. The van der Waals surface area contributed by atoms with Crippen LogP contribution in [-0.4, -0.2) is 32.6 Å². The maximum Gasteiger partial charge on any atom is 0.147 e. The summed E-state index contributed by atoms with van der Waals surface area (Å²) in [5.74, 6) is 1.81. The van der Waals surface area contributed by atoms with Gasteiger partial charge in [0, 0.05) is 49.2 Å². The summed E-state index contributed by atoms with van der Waals surface area (Å²) in [5, 5.41) is 29.4. The molecule has 0 aliphatic carbocycles. The fraction of sp³-hybridized carbons (Fsp3) is 0.213. The first-order valence-electron chi connectivity index (χ1n) is 23.9. The SMILES string of the molecule is CCCCc1cc(-c2ccccc2OCC(C)(C)COc2ccccc2-c2cc(CCCC)cc(-n3c4ccccc4c4ccccc43)c2O)c(O)c(-n2c3ccccc3c3ccccc32)c1. The van der Waals surface area contributed by atoms with Crippen molar-refractivity contribution in [3.63, 3.8) is 0 Å². The highest BCUT2D eigenvalue weighted by atomic mass is 16.5. The first-order valence-corrected chi connectivity index (χ1v) is 23.9. The zero-order valence-electron chi connectivity index (χ0n) is 38.9. The van der Waals surface area contributed by atoms with Crippen LogP contribution in [0.3, 0.4) is 0 Å². The molecule has 6 heteroatoms. The van der Waals surface area contributed by atoms with Crippen LogP contribution in [0, 0.1) is 5.41 Å². The molecule has 0 fully saturated rings. The summed E-state index contributed by atoms with van der Waals surface area (Å²) in [4.78, 5) is 0. The predicted octanol–water partition coefficient (Wildman–Crippen LogP) is 15.8. The highest BCUT2D eigenvalue weighted by Crippen LogP contribution is 2.46. The third kappa shape index (κ3) is 8.26. The quantitative estimate of drug-likeness (QED) is 0.101. The lowest BCUT2D eigenvalue weighted by atomic mass is 9.95. The number of fused-ring (bicyclic) bond motifs is 6. The van der Waals surface area contributed by atoms with Gasteiger partial charge in [0.15, 0.2) is 0 Å². The fourth-order valence-corrected chi connectivity index (χ4v) is 9.74. The number of aryl methyl sites for hydroxylation is 2. The van der Waals surface area contributed by atoms with E-state index in [1.54, 1.807) is 0 Å². The molecule has 0 saturated carbocycles. The van der Waals surface area contributed by atoms with Gasteiger partial charge in [0.1, 0.15) is 23.0 Å². The van der Waals surface area contributed by atoms with Crippen molar-refractivity contribution in [2.45, 2.75) is 66.2 Å². The van der Waals surface area contributed by atoms with Crippen LogP contribution in [0.15, 0.2) is 170 Å². The highest BCUT2D eigenvalue weighted by molar-refractivity contribution is 6.10. The van der Waals surface area contributed by atoms with Gasteiger partial charge in [-0.2, -0.15) is 0 Å². The van der Waals surface area contributed by atoms with Crippen LogP contribution < -0.4 is 9.47 Å². The van der Waals surface area contributed by atoms with Crippen LogP contribution in [-0.2, 0) is 12.8 Å². The van der Waals surface area contributed by atoms with E-state index in [4.69, 9.17) is 9.47 Å². The number of phenols is 2. The highest BCUT2D eigenvalue weighted by Gasteiger charge is 2.26. The number of rotatable bonds is 16. The monoisotopic (exact) mass is 882 g/mol. The number of phenolic OH excluding ortho intramolecular Hbond substituents is 2. The van der Waals surface area contributed by atoms with E-state index in [1.165, 1.54) is 0 Å². The van der Waals surface area contributed by atoms with Crippen LogP contribution in [0.2, 0.25) is 0 Å². The Hall–Kier alpha value is -7.44. The zero-order valence-corrected chi connectivity index (χ0v) is 38.9. The second-order valence-electron chi connectivity index (χ2n) is 18.7. The molecular formula is C61H58N2O4. The van der Waals surface area contributed by atoms with E-state index in [0.29, 0.717) is 24.7 Å². The first kappa shape index (κ1) is 43.5. The van der Waals surface area contributed by atoms with Crippen molar-refractivity contribution in [2.24, 2.45) is 5.41 Å². The van der Waals surface area contributed by atoms with Crippen LogP contribution >= 0.6 is 0 Å². The van der Waals surface area contributed by atoms with Crippen molar-refractivity contribution in [1.82, 2.24) is 9.13 Å². The molecule has 67 heavy (non-hydrogen) atoms. The Morgan fingerprint density at radius 1 is 0.418 bits per heavy atom. The molecule has 0 aliphatic heterocycles. The van der Waals surface area contributed by atoms with Gasteiger partial charge in [0.05, 0.1) is 46.7 Å². The molecule has 0 aliphatic rings. The van der Waals surface area contributed by atoms with Crippen LogP contribution in [0.25, 0.3) is 77.2 Å². The van der Waals surface area contributed by atoms with E-state index >= 15 is 0 Å². The van der Waals surface area contributed by atoms with Crippen molar-refractivity contribution < 1.29 is 19.7 Å². The normalized spacial score (nSPS) is 11.9. The molecule has 0 unspecified atom stereocenters. The first-order chi connectivity index (χ1) is 32.7. The largest absolute Gasteiger partial charge is 0.505 e. The summed E-state index contributed by atoms with van der Waals surface area (Å²) in [6.45, 7) is 9.43. The van der Waals surface area contributed by atoms with Crippen molar-refractivity contribution in [2.75, 3.05) is 13.2 Å². The van der Waals surface area contributed by atoms with Gasteiger partial charge in [0.2, 0.25) is 0 Å². The Kier molecular flexibility index (Phi) is 12.0. The molecule has 0 amide bonds. The minimum Gasteiger partial charge on any atom is -0.505 e. The number of unbranched alkanes of at least 4 members (excludes halogenated alkanes) is 2. The number of hydrogen-bond acceptors (Lipinski definition) is 4. The number of benzene rings is 8. The Labute approximate surface area is 393 Å². The van der Waals surface area contributed by atoms with Gasteiger partial charge >= 0.3 is 0 Å². The molecule has 10 rings (SSSR count). The second kappa shape index (κ2) is 18.4. The topological polar surface area (TPSA) is 68.8 Å². The number of ether oxygens (including phenoxy) is 2. The molecule has 0 bridgehead atoms. The number of aromatic hydroxyl groups is 2. The lowest BCUT2D eigenvalue weighted by Gasteiger charge is -2.27. The maximum absolute atomic E-state index is 12.4. The smallest absolute Gasteiger partial charge is 0.147 e. The Bertz CT molecular complexity index is 3080. The Morgan fingerprint density at radius 3 is 1.10 bits per heavy atom. The maximum atomic E-state index is 12.4. The van der Waals surface area contributed by atoms with E-state index in [9.17, 15) is 10.2 Å². The molecular weight excluding hydrogens is 825 g/mol. The summed E-state index contributed by atoms with van der Waals surface area (Å²) < 4.78 is 17.9. The Morgan fingerprint density at radius 2 is 0.746 bits per heavy atom. The van der Waals surface area contributed by atoms with Crippen molar-refractivity contribution in [3.05, 3.63) is 181 Å². The molecule has 8 aromatic carbocycles. The lowest BCUT2D eigenvalue weighted by molar-refractivity contribution is 0.111. The van der Waals surface area contributed by atoms with E-state index in [0.717, 1.165) is 127 Å². The predicted molar refractivity (Wildman–Crippen MR) is 278 cm³/mol.